The Morgan fingerprint density at radius 2 is 1.93 bits per heavy atom. The highest BCUT2D eigenvalue weighted by atomic mass is 32.1. The first-order chi connectivity index (χ1) is 14.0. The Morgan fingerprint density at radius 3 is 2.69 bits per heavy atom. The molecule has 0 amide bonds. The summed E-state index contributed by atoms with van der Waals surface area (Å²) in [6.45, 7) is 1.99. The summed E-state index contributed by atoms with van der Waals surface area (Å²) in [6, 6.07) is 12.7. The Hall–Kier alpha value is -3.79. The fourth-order valence-electron chi connectivity index (χ4n) is 2.69. The van der Waals surface area contributed by atoms with Gasteiger partial charge in [-0.05, 0) is 36.8 Å². The number of aromatic nitrogens is 3. The van der Waals surface area contributed by atoms with Crippen molar-refractivity contribution in [2.75, 3.05) is 12.4 Å². The van der Waals surface area contributed by atoms with Crippen LogP contribution in [0.25, 0.3) is 10.2 Å². The van der Waals surface area contributed by atoms with Crippen molar-refractivity contribution in [2.24, 2.45) is 0 Å². The minimum absolute atomic E-state index is 0.00863. The van der Waals surface area contributed by atoms with Gasteiger partial charge in [-0.25, -0.2) is 9.97 Å². The first kappa shape index (κ1) is 18.6. The van der Waals surface area contributed by atoms with E-state index in [1.807, 2.05) is 25.1 Å². The standard InChI is InChI=1S/C19H15N5O4S/c1-11-7-8-12-15(9-11)29-19(22-12)23-17-16(24(25)26)18(21-10-20-17)28-14-6-4-3-5-13(14)27-2/h3-10H,1-2H3,(H,20,21,22,23). The first-order valence-corrected chi connectivity index (χ1v) is 9.31. The largest absolute Gasteiger partial charge is 0.493 e. The first-order valence-electron chi connectivity index (χ1n) is 8.49. The van der Waals surface area contributed by atoms with E-state index in [1.165, 1.54) is 24.8 Å². The van der Waals surface area contributed by atoms with E-state index < -0.39 is 10.6 Å². The third kappa shape index (κ3) is 3.78. The molecule has 29 heavy (non-hydrogen) atoms. The third-order valence-corrected chi connectivity index (χ3v) is 4.95. The van der Waals surface area contributed by atoms with E-state index in [0.717, 1.165) is 15.8 Å². The molecule has 4 rings (SSSR count). The SMILES string of the molecule is COc1ccccc1Oc1ncnc(Nc2nc3ccc(C)cc3s2)c1[N+](=O)[O-]. The number of hydrogen-bond donors (Lipinski definition) is 1. The van der Waals surface area contributed by atoms with Gasteiger partial charge < -0.3 is 14.8 Å². The van der Waals surface area contributed by atoms with Gasteiger partial charge in [-0.1, -0.05) is 29.5 Å². The molecule has 4 aromatic rings. The molecule has 1 N–H and O–H groups in total. The maximum Gasteiger partial charge on any atom is 0.373 e. The second kappa shape index (κ2) is 7.68. The van der Waals surface area contributed by atoms with E-state index in [2.05, 4.69) is 20.3 Å². The number of rotatable bonds is 6. The van der Waals surface area contributed by atoms with Gasteiger partial charge in [0.2, 0.25) is 5.82 Å². The minimum Gasteiger partial charge on any atom is -0.493 e. The lowest BCUT2D eigenvalue weighted by Crippen LogP contribution is -2.03. The maximum atomic E-state index is 11.8. The molecule has 0 atom stereocenters. The summed E-state index contributed by atoms with van der Waals surface area (Å²) in [5.41, 5.74) is 1.51. The normalized spacial score (nSPS) is 10.7. The quantitative estimate of drug-likeness (QED) is 0.355. The van der Waals surface area contributed by atoms with Crippen LogP contribution in [-0.2, 0) is 0 Å². The summed E-state index contributed by atoms with van der Waals surface area (Å²) < 4.78 is 11.9. The molecule has 0 aliphatic carbocycles. The Labute approximate surface area is 169 Å². The van der Waals surface area contributed by atoms with Crippen LogP contribution < -0.4 is 14.8 Å². The van der Waals surface area contributed by atoms with Crippen molar-refractivity contribution >= 4 is 38.2 Å². The van der Waals surface area contributed by atoms with Crippen molar-refractivity contribution in [1.82, 2.24) is 15.0 Å². The predicted molar refractivity (Wildman–Crippen MR) is 109 cm³/mol. The van der Waals surface area contributed by atoms with Crippen LogP contribution in [0.3, 0.4) is 0 Å². The second-order valence-electron chi connectivity index (χ2n) is 6.00. The Morgan fingerprint density at radius 1 is 1.14 bits per heavy atom. The molecule has 2 heterocycles. The number of thiazole rings is 1. The number of fused-ring (bicyclic) bond motifs is 1. The molecule has 0 spiro atoms. The van der Waals surface area contributed by atoms with Crippen LogP contribution in [-0.4, -0.2) is 27.0 Å². The fourth-order valence-corrected chi connectivity index (χ4v) is 3.65. The highest BCUT2D eigenvalue weighted by Gasteiger charge is 2.26. The number of nitrogens with zero attached hydrogens (tertiary/aromatic N) is 4. The van der Waals surface area contributed by atoms with Crippen LogP contribution in [0.1, 0.15) is 5.56 Å². The van der Waals surface area contributed by atoms with E-state index in [0.29, 0.717) is 16.6 Å². The van der Waals surface area contributed by atoms with Crippen LogP contribution in [0.2, 0.25) is 0 Å². The van der Waals surface area contributed by atoms with Gasteiger partial charge in [0.1, 0.15) is 6.33 Å². The van der Waals surface area contributed by atoms with Gasteiger partial charge in [0, 0.05) is 0 Å². The van der Waals surface area contributed by atoms with Gasteiger partial charge in [-0.2, -0.15) is 4.98 Å². The number of ether oxygens (including phenoxy) is 2. The van der Waals surface area contributed by atoms with E-state index in [-0.39, 0.29) is 11.7 Å². The summed E-state index contributed by atoms with van der Waals surface area (Å²) in [6.07, 6.45) is 1.19. The van der Waals surface area contributed by atoms with Crippen LogP contribution >= 0.6 is 11.3 Å². The minimum atomic E-state index is -0.593. The number of nitrogens with one attached hydrogen (secondary N) is 1. The summed E-state index contributed by atoms with van der Waals surface area (Å²) in [7, 11) is 1.48. The maximum absolute atomic E-state index is 11.8. The summed E-state index contributed by atoms with van der Waals surface area (Å²) in [4.78, 5) is 23.6. The van der Waals surface area contributed by atoms with E-state index in [4.69, 9.17) is 9.47 Å². The molecule has 10 heteroatoms. The van der Waals surface area contributed by atoms with Gasteiger partial charge in [-0.3, -0.25) is 10.1 Å². The second-order valence-corrected chi connectivity index (χ2v) is 7.03. The highest BCUT2D eigenvalue weighted by molar-refractivity contribution is 7.22. The van der Waals surface area contributed by atoms with E-state index >= 15 is 0 Å². The number of nitro groups is 1. The molecule has 0 bridgehead atoms. The Bertz CT molecular complexity index is 1210. The van der Waals surface area contributed by atoms with Crippen LogP contribution in [0.4, 0.5) is 16.6 Å². The van der Waals surface area contributed by atoms with Crippen molar-refractivity contribution in [3.05, 3.63) is 64.5 Å². The lowest BCUT2D eigenvalue weighted by atomic mass is 10.2. The lowest BCUT2D eigenvalue weighted by Gasteiger charge is -2.10. The number of benzene rings is 2. The van der Waals surface area contributed by atoms with Gasteiger partial charge in [-0.15, -0.1) is 0 Å². The summed E-state index contributed by atoms with van der Waals surface area (Å²) >= 11 is 1.38. The van der Waals surface area contributed by atoms with Crippen LogP contribution in [0.15, 0.2) is 48.8 Å². The van der Waals surface area contributed by atoms with Gasteiger partial charge in [0.15, 0.2) is 16.6 Å². The zero-order chi connectivity index (χ0) is 20.4. The van der Waals surface area contributed by atoms with E-state index in [9.17, 15) is 10.1 Å². The topological polar surface area (TPSA) is 112 Å². The zero-order valence-electron chi connectivity index (χ0n) is 15.4. The molecule has 9 nitrogen and oxygen atoms in total. The molecule has 0 radical (unpaired) electrons. The van der Waals surface area contributed by atoms with Gasteiger partial charge >= 0.3 is 11.6 Å². The molecular formula is C19H15N5O4S. The van der Waals surface area contributed by atoms with Crippen molar-refractivity contribution in [1.29, 1.82) is 0 Å². The van der Waals surface area contributed by atoms with Gasteiger partial charge in [0.05, 0.1) is 22.2 Å². The fraction of sp³-hybridized carbons (Fsp3) is 0.105. The number of para-hydroxylation sites is 2. The molecule has 0 aliphatic heterocycles. The number of anilines is 2. The Kier molecular flexibility index (Phi) is 4.92. The zero-order valence-corrected chi connectivity index (χ0v) is 16.3. The average Bonchev–Trinajstić information content (AvgIpc) is 3.09. The number of methoxy groups -OCH3 is 1. The lowest BCUT2D eigenvalue weighted by molar-refractivity contribution is -0.385. The molecule has 0 fully saturated rings. The Balaban J connectivity index is 1.71. The highest BCUT2D eigenvalue weighted by Crippen LogP contribution is 2.39. The molecule has 2 aromatic heterocycles. The number of hydrogen-bond acceptors (Lipinski definition) is 9. The summed E-state index contributed by atoms with van der Waals surface area (Å²) in [5.74, 6) is 0.523. The predicted octanol–water partition coefficient (Wildman–Crippen LogP) is 4.85. The van der Waals surface area contributed by atoms with Crippen molar-refractivity contribution < 1.29 is 14.4 Å². The molecule has 146 valence electrons. The van der Waals surface area contributed by atoms with Crippen molar-refractivity contribution in [2.45, 2.75) is 6.92 Å². The van der Waals surface area contributed by atoms with Crippen LogP contribution in [0.5, 0.6) is 17.4 Å². The average molecular weight is 409 g/mol. The monoisotopic (exact) mass is 409 g/mol. The third-order valence-electron chi connectivity index (χ3n) is 4.02. The summed E-state index contributed by atoms with van der Waals surface area (Å²) in [5, 5.41) is 15.2. The van der Waals surface area contributed by atoms with Crippen LogP contribution in [0, 0.1) is 17.0 Å². The molecule has 0 aliphatic rings. The molecule has 0 saturated carbocycles. The molecule has 0 saturated heterocycles. The van der Waals surface area contributed by atoms with Crippen molar-refractivity contribution in [3.8, 4) is 17.4 Å². The number of aryl methyl sites for hydroxylation is 1. The smallest absolute Gasteiger partial charge is 0.373 e. The van der Waals surface area contributed by atoms with E-state index in [1.54, 1.807) is 24.3 Å². The molecule has 2 aromatic carbocycles. The van der Waals surface area contributed by atoms with Crippen molar-refractivity contribution in [3.63, 3.8) is 0 Å². The van der Waals surface area contributed by atoms with Gasteiger partial charge in [0.25, 0.3) is 0 Å². The molecule has 0 unspecified atom stereocenters. The molecular weight excluding hydrogens is 394 g/mol.